The molecule has 1 aliphatic rings. The lowest BCUT2D eigenvalue weighted by atomic mass is 10.1. The van der Waals surface area contributed by atoms with Crippen LogP contribution in [0.5, 0.6) is 0 Å². The number of piperidine rings is 1. The zero-order chi connectivity index (χ0) is 18.2. The number of hydrogen-bond donors (Lipinski definition) is 1. The molecule has 1 unspecified atom stereocenters. The van der Waals surface area contributed by atoms with Gasteiger partial charge in [0.15, 0.2) is 5.96 Å². The topological polar surface area (TPSA) is 70.1 Å². The first-order valence-corrected chi connectivity index (χ1v) is 9.59. The van der Waals surface area contributed by atoms with E-state index >= 15 is 0 Å². The van der Waals surface area contributed by atoms with Gasteiger partial charge in [0.05, 0.1) is 18.8 Å². The van der Waals surface area contributed by atoms with Crippen molar-refractivity contribution >= 4 is 23.2 Å². The van der Waals surface area contributed by atoms with Crippen molar-refractivity contribution in [3.8, 4) is 0 Å². The van der Waals surface area contributed by atoms with Crippen LogP contribution in [0.3, 0.4) is 0 Å². The van der Waals surface area contributed by atoms with E-state index in [1.807, 2.05) is 29.2 Å². The van der Waals surface area contributed by atoms with E-state index in [0.717, 1.165) is 36.6 Å². The molecule has 1 aromatic heterocycles. The molecule has 1 saturated heterocycles. The van der Waals surface area contributed by atoms with Crippen LogP contribution in [0, 0.1) is 0 Å². The molecule has 0 aromatic carbocycles. The number of methoxy groups -OCH3 is 1. The maximum Gasteiger partial charge on any atom is 0.241 e. The van der Waals surface area contributed by atoms with E-state index in [1.54, 1.807) is 25.5 Å². The highest BCUT2D eigenvalue weighted by molar-refractivity contribution is 7.09. The summed E-state index contributed by atoms with van der Waals surface area (Å²) in [5, 5.41) is 6.16. The van der Waals surface area contributed by atoms with Crippen LogP contribution in [0.2, 0.25) is 0 Å². The highest BCUT2D eigenvalue weighted by Gasteiger charge is 2.18. The Morgan fingerprint density at radius 1 is 1.48 bits per heavy atom. The van der Waals surface area contributed by atoms with E-state index in [9.17, 15) is 4.79 Å². The molecule has 1 fully saturated rings. The molecule has 1 atom stereocenters. The van der Waals surface area contributed by atoms with Crippen molar-refractivity contribution in [2.75, 3.05) is 40.8 Å². The quantitative estimate of drug-likeness (QED) is 0.614. The minimum Gasteiger partial charge on any atom is -0.375 e. The van der Waals surface area contributed by atoms with Crippen LogP contribution in [-0.4, -0.2) is 67.5 Å². The monoisotopic (exact) mass is 367 g/mol. The molecule has 1 N–H and O–H groups in total. The second-order valence-electron chi connectivity index (χ2n) is 6.25. The van der Waals surface area contributed by atoms with Crippen molar-refractivity contribution < 1.29 is 9.53 Å². The second-order valence-corrected chi connectivity index (χ2v) is 7.14. The van der Waals surface area contributed by atoms with Gasteiger partial charge in [-0.05, 0) is 26.2 Å². The molecule has 0 bridgehead atoms. The number of likely N-dealkylation sites (tertiary alicyclic amines) is 1. The van der Waals surface area contributed by atoms with Gasteiger partial charge in [0.25, 0.3) is 0 Å². The number of carbonyl (C=O) groups excluding carboxylic acids is 1. The van der Waals surface area contributed by atoms with Crippen LogP contribution < -0.4 is 5.32 Å². The Bertz CT molecular complexity index is 583. The first-order valence-electron chi connectivity index (χ1n) is 8.71. The standard InChI is InChI=1S/C17H29N5O2S/c1-13(24-4)16-20-14(12-25-16)11-21(3)17(18-2)19-10-15(23)22-8-6-5-7-9-22/h12-13H,5-11H2,1-4H3,(H,18,19). The molecule has 25 heavy (non-hydrogen) atoms. The number of amides is 1. The average molecular weight is 368 g/mol. The van der Waals surface area contributed by atoms with Gasteiger partial charge in [-0.2, -0.15) is 0 Å². The Morgan fingerprint density at radius 2 is 2.20 bits per heavy atom. The molecular weight excluding hydrogens is 338 g/mol. The normalized spacial score (nSPS) is 16.6. The average Bonchev–Trinajstić information content (AvgIpc) is 3.10. The van der Waals surface area contributed by atoms with Crippen LogP contribution in [-0.2, 0) is 16.1 Å². The Hall–Kier alpha value is -1.67. The van der Waals surface area contributed by atoms with E-state index in [-0.39, 0.29) is 18.6 Å². The largest absolute Gasteiger partial charge is 0.375 e. The van der Waals surface area contributed by atoms with Crippen molar-refractivity contribution in [3.63, 3.8) is 0 Å². The van der Waals surface area contributed by atoms with Gasteiger partial charge in [-0.3, -0.25) is 9.79 Å². The fraction of sp³-hybridized carbons (Fsp3) is 0.706. The first-order chi connectivity index (χ1) is 12.0. The van der Waals surface area contributed by atoms with Gasteiger partial charge in [-0.25, -0.2) is 4.98 Å². The summed E-state index contributed by atoms with van der Waals surface area (Å²) in [4.78, 5) is 25.1. The molecule has 1 aromatic rings. The minimum absolute atomic E-state index is 0.00339. The molecule has 7 nitrogen and oxygen atoms in total. The van der Waals surface area contributed by atoms with Crippen LogP contribution in [0.25, 0.3) is 0 Å². The van der Waals surface area contributed by atoms with Gasteiger partial charge in [0.1, 0.15) is 11.1 Å². The van der Waals surface area contributed by atoms with E-state index in [4.69, 9.17) is 4.74 Å². The Balaban J connectivity index is 1.84. The third-order valence-electron chi connectivity index (χ3n) is 4.35. The van der Waals surface area contributed by atoms with Crippen molar-refractivity contribution in [2.45, 2.75) is 38.8 Å². The molecule has 2 rings (SSSR count). The fourth-order valence-electron chi connectivity index (χ4n) is 2.80. The molecular formula is C17H29N5O2S. The molecule has 0 radical (unpaired) electrons. The minimum atomic E-state index is 0.00339. The Morgan fingerprint density at radius 3 is 2.84 bits per heavy atom. The lowest BCUT2D eigenvalue weighted by molar-refractivity contribution is -0.130. The number of ether oxygens (including phenoxy) is 1. The van der Waals surface area contributed by atoms with Crippen LogP contribution in [0.15, 0.2) is 10.4 Å². The van der Waals surface area contributed by atoms with Gasteiger partial charge in [0, 0.05) is 39.7 Å². The number of carbonyl (C=O) groups is 1. The molecule has 8 heteroatoms. The number of thiazole rings is 1. The van der Waals surface area contributed by atoms with Gasteiger partial charge in [-0.1, -0.05) is 0 Å². The van der Waals surface area contributed by atoms with E-state index < -0.39 is 0 Å². The van der Waals surface area contributed by atoms with Crippen molar-refractivity contribution in [3.05, 3.63) is 16.1 Å². The molecule has 1 aliphatic heterocycles. The van der Waals surface area contributed by atoms with Gasteiger partial charge >= 0.3 is 0 Å². The number of hydrogen-bond acceptors (Lipinski definition) is 5. The highest BCUT2D eigenvalue weighted by Crippen LogP contribution is 2.20. The SMILES string of the molecule is CN=C(NCC(=O)N1CCCCC1)N(C)Cc1csc(C(C)OC)n1. The predicted molar refractivity (Wildman–Crippen MR) is 101 cm³/mol. The van der Waals surface area contributed by atoms with E-state index in [1.165, 1.54) is 6.42 Å². The van der Waals surface area contributed by atoms with Crippen LogP contribution in [0.1, 0.15) is 43.0 Å². The first kappa shape index (κ1) is 19.7. The third kappa shape index (κ3) is 5.67. The summed E-state index contributed by atoms with van der Waals surface area (Å²) in [5.74, 6) is 0.832. The van der Waals surface area contributed by atoms with E-state index in [0.29, 0.717) is 12.5 Å². The Labute approximate surface area is 154 Å². The molecule has 0 spiro atoms. The van der Waals surface area contributed by atoms with E-state index in [2.05, 4.69) is 15.3 Å². The van der Waals surface area contributed by atoms with Crippen molar-refractivity contribution in [1.82, 2.24) is 20.1 Å². The van der Waals surface area contributed by atoms with Crippen molar-refractivity contribution in [1.29, 1.82) is 0 Å². The molecule has 2 heterocycles. The molecule has 140 valence electrons. The molecule has 1 amide bonds. The number of aromatic nitrogens is 1. The zero-order valence-electron chi connectivity index (χ0n) is 15.6. The van der Waals surface area contributed by atoms with Crippen molar-refractivity contribution in [2.24, 2.45) is 4.99 Å². The summed E-state index contributed by atoms with van der Waals surface area (Å²) in [6.45, 7) is 4.63. The maximum absolute atomic E-state index is 12.3. The zero-order valence-corrected chi connectivity index (χ0v) is 16.4. The lowest BCUT2D eigenvalue weighted by Crippen LogP contribution is -2.46. The summed E-state index contributed by atoms with van der Waals surface area (Å²) >= 11 is 1.60. The molecule has 0 saturated carbocycles. The smallest absolute Gasteiger partial charge is 0.241 e. The predicted octanol–water partition coefficient (Wildman–Crippen LogP) is 1.87. The highest BCUT2D eigenvalue weighted by atomic mass is 32.1. The van der Waals surface area contributed by atoms with Gasteiger partial charge in [0.2, 0.25) is 5.91 Å². The number of aliphatic imine (C=N–C) groups is 1. The lowest BCUT2D eigenvalue weighted by Gasteiger charge is -2.28. The number of rotatable bonds is 6. The fourth-order valence-corrected chi connectivity index (χ4v) is 3.64. The second kappa shape index (κ2) is 9.72. The van der Waals surface area contributed by atoms with Gasteiger partial charge < -0.3 is 19.9 Å². The van der Waals surface area contributed by atoms with Crippen LogP contribution >= 0.6 is 11.3 Å². The summed E-state index contributed by atoms with van der Waals surface area (Å²) in [6.07, 6.45) is 3.43. The summed E-state index contributed by atoms with van der Waals surface area (Å²) < 4.78 is 5.30. The summed E-state index contributed by atoms with van der Waals surface area (Å²) in [5.41, 5.74) is 0.969. The third-order valence-corrected chi connectivity index (χ3v) is 5.40. The maximum atomic E-state index is 12.3. The molecule has 0 aliphatic carbocycles. The van der Waals surface area contributed by atoms with Gasteiger partial charge in [-0.15, -0.1) is 11.3 Å². The Kier molecular flexibility index (Phi) is 7.64. The number of nitrogens with zero attached hydrogens (tertiary/aromatic N) is 4. The van der Waals surface area contributed by atoms with Crippen LogP contribution in [0.4, 0.5) is 0 Å². The number of nitrogens with one attached hydrogen (secondary N) is 1. The summed E-state index contributed by atoms with van der Waals surface area (Å²) in [6, 6.07) is 0. The number of guanidine groups is 1. The summed E-state index contributed by atoms with van der Waals surface area (Å²) in [7, 11) is 5.35.